The van der Waals surface area contributed by atoms with E-state index >= 15 is 0 Å². The summed E-state index contributed by atoms with van der Waals surface area (Å²) in [6.45, 7) is 1.35. The highest BCUT2D eigenvalue weighted by molar-refractivity contribution is 6.08. The van der Waals surface area contributed by atoms with E-state index in [2.05, 4.69) is 5.32 Å². The van der Waals surface area contributed by atoms with Crippen molar-refractivity contribution in [2.45, 2.75) is 63.9 Å². The molecule has 2 aliphatic carbocycles. The summed E-state index contributed by atoms with van der Waals surface area (Å²) in [7, 11) is 0. The first kappa shape index (κ1) is 29.9. The van der Waals surface area contributed by atoms with Gasteiger partial charge in [-0.05, 0) is 79.3 Å². The fraction of sp³-hybridized carbons (Fsp3) is 0.371. The molecule has 4 aromatic rings. The molecule has 1 N–H and O–H groups in total. The van der Waals surface area contributed by atoms with Crippen molar-refractivity contribution in [3.8, 4) is 0 Å². The van der Waals surface area contributed by atoms with Crippen LogP contribution in [0, 0.1) is 11.3 Å². The van der Waals surface area contributed by atoms with E-state index in [9.17, 15) is 27.2 Å². The Hall–Kier alpha value is -4.14. The number of fused-ring (bicyclic) bond motifs is 1. The monoisotopic (exact) mass is 606 g/mol. The van der Waals surface area contributed by atoms with Crippen LogP contribution in [-0.2, 0) is 28.7 Å². The van der Waals surface area contributed by atoms with Crippen LogP contribution in [-0.4, -0.2) is 29.2 Å². The topological polar surface area (TPSA) is 60.3 Å². The predicted molar refractivity (Wildman–Crippen MR) is 159 cm³/mol. The number of alkyl halides is 4. The minimum atomic E-state index is -4.42. The van der Waals surface area contributed by atoms with Gasteiger partial charge in [0.05, 0.1) is 23.6 Å². The van der Waals surface area contributed by atoms with Crippen molar-refractivity contribution in [3.05, 3.63) is 107 Å². The Balaban J connectivity index is 1.11. The van der Waals surface area contributed by atoms with Crippen LogP contribution < -0.4 is 5.32 Å². The largest absolute Gasteiger partial charge is 0.458 e. The van der Waals surface area contributed by atoms with Crippen molar-refractivity contribution in [2.75, 3.05) is 6.67 Å². The summed E-state index contributed by atoms with van der Waals surface area (Å²) in [6, 6.07) is 20.1. The predicted octanol–water partition coefficient (Wildman–Crippen LogP) is 7.81. The van der Waals surface area contributed by atoms with Gasteiger partial charge in [-0.1, -0.05) is 54.6 Å². The van der Waals surface area contributed by atoms with Gasteiger partial charge in [0.1, 0.15) is 12.8 Å². The zero-order valence-electron chi connectivity index (χ0n) is 24.4. The SMILES string of the molecule is CC(OC(=O)C1CC2(CC(NC(=O)c3cn(CCF)c4cccc(Cc5ccc(C(F)(F)F)cc5)c34)C2)C1)c1ccccc1. The van der Waals surface area contributed by atoms with E-state index in [1.165, 1.54) is 12.1 Å². The van der Waals surface area contributed by atoms with E-state index in [1.807, 2.05) is 55.5 Å². The molecular weight excluding hydrogens is 572 g/mol. The fourth-order valence-electron chi connectivity index (χ4n) is 6.95. The number of benzene rings is 3. The number of halogens is 4. The Morgan fingerprint density at radius 1 is 0.977 bits per heavy atom. The van der Waals surface area contributed by atoms with Gasteiger partial charge in [0.2, 0.25) is 0 Å². The standard InChI is InChI=1S/C35H34F4N2O3/c1-22(24-6-3-2-4-7-24)44-33(43)26-17-34(18-26)19-28(20-34)40-32(42)29-21-41(15-14-36)30-9-5-8-25(31(29)30)16-23-10-12-27(13-11-23)35(37,38)39/h2-13,21-22,26,28H,14-20H2,1H3,(H,40,42). The minimum Gasteiger partial charge on any atom is -0.458 e. The molecule has 1 aromatic heterocycles. The Labute approximate surface area is 253 Å². The highest BCUT2D eigenvalue weighted by Gasteiger charge is 2.55. The summed E-state index contributed by atoms with van der Waals surface area (Å²) >= 11 is 0. The summed E-state index contributed by atoms with van der Waals surface area (Å²) in [4.78, 5) is 26.3. The van der Waals surface area contributed by atoms with Gasteiger partial charge in [0.15, 0.2) is 0 Å². The molecule has 2 saturated carbocycles. The van der Waals surface area contributed by atoms with Gasteiger partial charge in [0, 0.05) is 23.1 Å². The molecule has 44 heavy (non-hydrogen) atoms. The first-order valence-electron chi connectivity index (χ1n) is 14.9. The minimum absolute atomic E-state index is 0.0353. The van der Waals surface area contributed by atoms with E-state index < -0.39 is 18.4 Å². The lowest BCUT2D eigenvalue weighted by molar-refractivity contribution is -0.167. The zero-order chi connectivity index (χ0) is 31.1. The van der Waals surface area contributed by atoms with Crippen LogP contribution in [0.4, 0.5) is 17.6 Å². The van der Waals surface area contributed by atoms with Gasteiger partial charge >= 0.3 is 12.1 Å². The van der Waals surface area contributed by atoms with Crippen molar-refractivity contribution in [1.29, 1.82) is 0 Å². The number of aromatic nitrogens is 1. The molecule has 1 amide bonds. The number of ether oxygens (including phenoxy) is 1. The molecular formula is C35H34F4N2O3. The van der Waals surface area contributed by atoms with Gasteiger partial charge in [-0.25, -0.2) is 4.39 Å². The van der Waals surface area contributed by atoms with Crippen LogP contribution in [0.5, 0.6) is 0 Å². The quantitative estimate of drug-likeness (QED) is 0.156. The van der Waals surface area contributed by atoms with Crippen LogP contribution in [0.1, 0.15) is 71.3 Å². The average Bonchev–Trinajstić information content (AvgIpc) is 3.33. The maximum absolute atomic E-state index is 13.6. The number of nitrogens with one attached hydrogen (secondary N) is 1. The van der Waals surface area contributed by atoms with Crippen LogP contribution in [0.25, 0.3) is 10.9 Å². The summed E-state index contributed by atoms with van der Waals surface area (Å²) in [5, 5.41) is 3.80. The molecule has 9 heteroatoms. The van der Waals surface area contributed by atoms with Crippen LogP contribution >= 0.6 is 0 Å². The Bertz CT molecular complexity index is 1650. The first-order valence-corrected chi connectivity index (χ1v) is 14.9. The first-order chi connectivity index (χ1) is 21.0. The normalized spacial score (nSPS) is 21.8. The van der Waals surface area contributed by atoms with E-state index in [-0.39, 0.29) is 41.9 Å². The molecule has 2 aliphatic rings. The van der Waals surface area contributed by atoms with Crippen molar-refractivity contribution in [2.24, 2.45) is 11.3 Å². The van der Waals surface area contributed by atoms with E-state index in [0.717, 1.165) is 48.9 Å². The Morgan fingerprint density at radius 2 is 1.68 bits per heavy atom. The summed E-state index contributed by atoms with van der Waals surface area (Å²) in [6.07, 6.45) is 0.293. The lowest BCUT2D eigenvalue weighted by Gasteiger charge is -2.57. The molecule has 2 fully saturated rings. The second-order valence-corrected chi connectivity index (χ2v) is 12.3. The van der Waals surface area contributed by atoms with Crippen molar-refractivity contribution < 1.29 is 31.9 Å². The number of amides is 1. The van der Waals surface area contributed by atoms with Crippen LogP contribution in [0.15, 0.2) is 79.0 Å². The third kappa shape index (κ3) is 5.97. The van der Waals surface area contributed by atoms with Gasteiger partial charge in [-0.15, -0.1) is 0 Å². The number of carbonyl (C=O) groups is 2. The Kier molecular flexibility index (Phi) is 7.99. The maximum Gasteiger partial charge on any atom is 0.416 e. The molecule has 6 rings (SSSR count). The van der Waals surface area contributed by atoms with E-state index in [4.69, 9.17) is 4.74 Å². The van der Waals surface area contributed by atoms with Gasteiger partial charge in [0.25, 0.3) is 5.91 Å². The fourth-order valence-corrected chi connectivity index (χ4v) is 6.95. The number of aryl methyl sites for hydroxylation is 1. The lowest BCUT2D eigenvalue weighted by atomic mass is 9.50. The second-order valence-electron chi connectivity index (χ2n) is 12.3. The summed E-state index contributed by atoms with van der Waals surface area (Å²) in [5.41, 5.74) is 2.84. The van der Waals surface area contributed by atoms with Crippen molar-refractivity contribution in [3.63, 3.8) is 0 Å². The molecule has 3 aromatic carbocycles. The number of carbonyl (C=O) groups excluding carboxylic acids is 2. The van der Waals surface area contributed by atoms with Gasteiger partial charge in [-0.2, -0.15) is 13.2 Å². The maximum atomic E-state index is 13.6. The van der Waals surface area contributed by atoms with Crippen molar-refractivity contribution >= 4 is 22.8 Å². The second kappa shape index (κ2) is 11.7. The molecule has 0 saturated heterocycles. The number of hydrogen-bond donors (Lipinski definition) is 1. The molecule has 1 heterocycles. The molecule has 230 valence electrons. The molecule has 0 bridgehead atoms. The molecule has 1 atom stereocenters. The zero-order valence-corrected chi connectivity index (χ0v) is 24.4. The number of nitrogens with zero attached hydrogens (tertiary/aromatic N) is 1. The van der Waals surface area contributed by atoms with Crippen LogP contribution in [0.2, 0.25) is 0 Å². The molecule has 5 nitrogen and oxygen atoms in total. The third-order valence-electron chi connectivity index (χ3n) is 9.19. The van der Waals surface area contributed by atoms with E-state index in [0.29, 0.717) is 28.5 Å². The molecule has 1 unspecified atom stereocenters. The van der Waals surface area contributed by atoms with Gasteiger partial charge in [-0.3, -0.25) is 9.59 Å². The lowest BCUT2D eigenvalue weighted by Crippen LogP contribution is -2.57. The highest BCUT2D eigenvalue weighted by atomic mass is 19.4. The van der Waals surface area contributed by atoms with E-state index in [1.54, 1.807) is 10.8 Å². The molecule has 0 radical (unpaired) electrons. The number of rotatable bonds is 9. The summed E-state index contributed by atoms with van der Waals surface area (Å²) < 4.78 is 59.9. The third-order valence-corrected chi connectivity index (χ3v) is 9.19. The summed E-state index contributed by atoms with van der Waals surface area (Å²) in [5.74, 6) is -0.579. The number of hydrogen-bond acceptors (Lipinski definition) is 3. The number of esters is 1. The average molecular weight is 607 g/mol. The van der Waals surface area contributed by atoms with Crippen LogP contribution in [0.3, 0.4) is 0 Å². The smallest absolute Gasteiger partial charge is 0.416 e. The highest BCUT2D eigenvalue weighted by Crippen LogP contribution is 2.59. The van der Waals surface area contributed by atoms with Crippen molar-refractivity contribution in [1.82, 2.24) is 9.88 Å². The molecule has 0 aliphatic heterocycles. The molecule has 1 spiro atoms. The van der Waals surface area contributed by atoms with Gasteiger partial charge < -0.3 is 14.6 Å². The Morgan fingerprint density at radius 3 is 2.34 bits per heavy atom.